The van der Waals surface area contributed by atoms with Crippen molar-refractivity contribution < 1.29 is 14.3 Å². The van der Waals surface area contributed by atoms with Crippen molar-refractivity contribution in [2.24, 2.45) is 0 Å². The Morgan fingerprint density at radius 1 is 1.16 bits per heavy atom. The highest BCUT2D eigenvalue weighted by atomic mass is 32.1. The standard InChI is InChI=1S/C25H30N2O3S/c1-6-18(3)27(25(28)20-10-12-22(29-5)13-11-20)14-21-16-31-24(26-21)15-30-23-9-7-8-17(2)19(23)4/h7-13,16,18H,6,14-15H2,1-5H3/t18-/m1/s1. The minimum absolute atomic E-state index is 0.00168. The number of benzene rings is 2. The summed E-state index contributed by atoms with van der Waals surface area (Å²) in [6, 6.07) is 13.4. The lowest BCUT2D eigenvalue weighted by molar-refractivity contribution is 0.0669. The fraction of sp³-hybridized carbons (Fsp3) is 0.360. The number of aryl methyl sites for hydroxylation is 1. The van der Waals surface area contributed by atoms with Gasteiger partial charge < -0.3 is 14.4 Å². The van der Waals surface area contributed by atoms with E-state index < -0.39 is 0 Å². The van der Waals surface area contributed by atoms with E-state index in [-0.39, 0.29) is 11.9 Å². The fourth-order valence-corrected chi connectivity index (χ4v) is 3.93. The van der Waals surface area contributed by atoms with Gasteiger partial charge in [0, 0.05) is 17.0 Å². The number of hydrogen-bond donors (Lipinski definition) is 0. The number of aromatic nitrogens is 1. The monoisotopic (exact) mass is 438 g/mol. The summed E-state index contributed by atoms with van der Waals surface area (Å²) in [5.74, 6) is 1.62. The molecule has 0 N–H and O–H groups in total. The van der Waals surface area contributed by atoms with E-state index in [2.05, 4.69) is 33.8 Å². The molecule has 164 valence electrons. The van der Waals surface area contributed by atoms with E-state index in [1.807, 2.05) is 34.5 Å². The number of hydrogen-bond acceptors (Lipinski definition) is 5. The molecular weight excluding hydrogens is 408 g/mol. The molecular formula is C25H30N2O3S. The Morgan fingerprint density at radius 3 is 2.58 bits per heavy atom. The summed E-state index contributed by atoms with van der Waals surface area (Å²) in [5.41, 5.74) is 3.88. The maximum atomic E-state index is 13.2. The van der Waals surface area contributed by atoms with Crippen LogP contribution in [0.3, 0.4) is 0 Å². The van der Waals surface area contributed by atoms with Crippen LogP contribution in [0.4, 0.5) is 0 Å². The van der Waals surface area contributed by atoms with Gasteiger partial charge in [0.2, 0.25) is 0 Å². The number of thiazole rings is 1. The Labute approximate surface area is 188 Å². The number of nitrogens with zero attached hydrogens (tertiary/aromatic N) is 2. The van der Waals surface area contributed by atoms with Crippen molar-refractivity contribution in [3.63, 3.8) is 0 Å². The summed E-state index contributed by atoms with van der Waals surface area (Å²) in [5, 5.41) is 2.91. The van der Waals surface area contributed by atoms with Gasteiger partial charge in [0.15, 0.2) is 0 Å². The Hall–Kier alpha value is -2.86. The van der Waals surface area contributed by atoms with Gasteiger partial charge in [-0.25, -0.2) is 4.98 Å². The Kier molecular flexibility index (Phi) is 7.69. The molecule has 0 bridgehead atoms. The van der Waals surface area contributed by atoms with E-state index in [9.17, 15) is 4.79 Å². The maximum Gasteiger partial charge on any atom is 0.254 e. The number of amides is 1. The number of rotatable bonds is 9. The van der Waals surface area contributed by atoms with E-state index in [1.54, 1.807) is 30.6 Å². The molecule has 0 spiro atoms. The zero-order valence-corrected chi connectivity index (χ0v) is 19.7. The third kappa shape index (κ3) is 5.64. The second-order valence-electron chi connectivity index (χ2n) is 7.64. The first-order valence-corrected chi connectivity index (χ1v) is 11.4. The molecule has 0 saturated carbocycles. The molecule has 0 aliphatic carbocycles. The average molecular weight is 439 g/mol. The van der Waals surface area contributed by atoms with Crippen molar-refractivity contribution in [3.05, 3.63) is 75.2 Å². The van der Waals surface area contributed by atoms with Crippen LogP contribution < -0.4 is 9.47 Å². The van der Waals surface area contributed by atoms with Crippen molar-refractivity contribution >= 4 is 17.2 Å². The molecule has 1 amide bonds. The molecule has 1 aromatic heterocycles. The van der Waals surface area contributed by atoms with Gasteiger partial charge in [0.05, 0.1) is 19.3 Å². The lowest BCUT2D eigenvalue weighted by atomic mass is 10.1. The van der Waals surface area contributed by atoms with Gasteiger partial charge in [0.1, 0.15) is 23.1 Å². The number of carbonyl (C=O) groups is 1. The SMILES string of the molecule is CC[C@@H](C)N(Cc1csc(COc2cccc(C)c2C)n1)C(=O)c1ccc(OC)cc1. The van der Waals surface area contributed by atoms with Gasteiger partial charge >= 0.3 is 0 Å². The van der Waals surface area contributed by atoms with E-state index in [0.29, 0.717) is 18.7 Å². The molecule has 1 heterocycles. The molecule has 5 nitrogen and oxygen atoms in total. The van der Waals surface area contributed by atoms with Crippen LogP contribution in [-0.2, 0) is 13.2 Å². The van der Waals surface area contributed by atoms with E-state index in [1.165, 1.54) is 5.56 Å². The van der Waals surface area contributed by atoms with Crippen LogP contribution in [0.1, 0.15) is 52.5 Å². The lowest BCUT2D eigenvalue weighted by Crippen LogP contribution is -2.37. The number of ether oxygens (including phenoxy) is 2. The van der Waals surface area contributed by atoms with Crippen molar-refractivity contribution in [1.82, 2.24) is 9.88 Å². The van der Waals surface area contributed by atoms with Crippen LogP contribution in [0.25, 0.3) is 0 Å². The topological polar surface area (TPSA) is 51.7 Å². The molecule has 0 saturated heterocycles. The first-order valence-electron chi connectivity index (χ1n) is 10.5. The highest BCUT2D eigenvalue weighted by Crippen LogP contribution is 2.23. The molecule has 3 rings (SSSR count). The van der Waals surface area contributed by atoms with Crippen LogP contribution in [0.2, 0.25) is 0 Å². The molecule has 6 heteroatoms. The van der Waals surface area contributed by atoms with E-state index in [4.69, 9.17) is 14.5 Å². The van der Waals surface area contributed by atoms with Gasteiger partial charge in [-0.05, 0) is 68.7 Å². The summed E-state index contributed by atoms with van der Waals surface area (Å²) in [6.07, 6.45) is 0.870. The van der Waals surface area contributed by atoms with Crippen LogP contribution in [0, 0.1) is 13.8 Å². The first-order chi connectivity index (χ1) is 14.9. The summed E-state index contributed by atoms with van der Waals surface area (Å²) < 4.78 is 11.2. The van der Waals surface area contributed by atoms with Crippen LogP contribution in [-0.4, -0.2) is 28.9 Å². The number of methoxy groups -OCH3 is 1. The number of carbonyl (C=O) groups excluding carboxylic acids is 1. The lowest BCUT2D eigenvalue weighted by Gasteiger charge is -2.28. The van der Waals surface area contributed by atoms with E-state index >= 15 is 0 Å². The highest BCUT2D eigenvalue weighted by Gasteiger charge is 2.22. The quantitative estimate of drug-likeness (QED) is 0.424. The molecule has 0 unspecified atom stereocenters. The second kappa shape index (κ2) is 10.4. The Morgan fingerprint density at radius 2 is 1.90 bits per heavy atom. The normalized spacial score (nSPS) is 11.8. The molecule has 0 aliphatic rings. The zero-order valence-electron chi connectivity index (χ0n) is 18.8. The van der Waals surface area contributed by atoms with Gasteiger partial charge in [-0.15, -0.1) is 11.3 Å². The molecule has 1 atom stereocenters. The predicted octanol–water partition coefficient (Wildman–Crippen LogP) is 5.79. The summed E-state index contributed by atoms with van der Waals surface area (Å²) in [6.45, 7) is 9.19. The molecule has 0 aliphatic heterocycles. The molecule has 0 radical (unpaired) electrons. The Bertz CT molecular complexity index is 1010. The third-order valence-corrected chi connectivity index (χ3v) is 6.43. The predicted molar refractivity (Wildman–Crippen MR) is 125 cm³/mol. The Balaban J connectivity index is 1.70. The van der Waals surface area contributed by atoms with Crippen LogP contribution in [0.5, 0.6) is 11.5 Å². The van der Waals surface area contributed by atoms with Crippen molar-refractivity contribution in [2.75, 3.05) is 7.11 Å². The smallest absolute Gasteiger partial charge is 0.254 e. The summed E-state index contributed by atoms with van der Waals surface area (Å²) >= 11 is 1.56. The minimum Gasteiger partial charge on any atom is -0.497 e. The summed E-state index contributed by atoms with van der Waals surface area (Å²) in [7, 11) is 1.62. The van der Waals surface area contributed by atoms with Gasteiger partial charge in [-0.2, -0.15) is 0 Å². The third-order valence-electron chi connectivity index (χ3n) is 5.56. The van der Waals surface area contributed by atoms with Crippen LogP contribution in [0.15, 0.2) is 47.8 Å². The van der Waals surface area contributed by atoms with Gasteiger partial charge in [-0.3, -0.25) is 4.79 Å². The molecule has 0 fully saturated rings. The van der Waals surface area contributed by atoms with Crippen molar-refractivity contribution in [1.29, 1.82) is 0 Å². The van der Waals surface area contributed by atoms with E-state index in [0.717, 1.165) is 34.2 Å². The largest absolute Gasteiger partial charge is 0.497 e. The molecule has 3 aromatic rings. The van der Waals surface area contributed by atoms with Crippen LogP contribution >= 0.6 is 11.3 Å². The van der Waals surface area contributed by atoms with Crippen molar-refractivity contribution in [3.8, 4) is 11.5 Å². The zero-order chi connectivity index (χ0) is 22.4. The average Bonchev–Trinajstić information content (AvgIpc) is 3.25. The second-order valence-corrected chi connectivity index (χ2v) is 8.58. The fourth-order valence-electron chi connectivity index (χ4n) is 3.23. The molecule has 31 heavy (non-hydrogen) atoms. The van der Waals surface area contributed by atoms with Gasteiger partial charge in [-0.1, -0.05) is 19.1 Å². The van der Waals surface area contributed by atoms with Gasteiger partial charge in [0.25, 0.3) is 5.91 Å². The maximum absolute atomic E-state index is 13.2. The van der Waals surface area contributed by atoms with Crippen molar-refractivity contribution in [2.45, 2.75) is 53.3 Å². The molecule has 2 aromatic carbocycles. The first kappa shape index (κ1) is 22.8. The highest BCUT2D eigenvalue weighted by molar-refractivity contribution is 7.09. The minimum atomic E-state index is -0.00168. The summed E-state index contributed by atoms with van der Waals surface area (Å²) in [4.78, 5) is 19.8.